The van der Waals surface area contributed by atoms with Gasteiger partial charge in [-0.2, -0.15) is 0 Å². The summed E-state index contributed by atoms with van der Waals surface area (Å²) in [6.07, 6.45) is 1.67. The zero-order chi connectivity index (χ0) is 19.9. The van der Waals surface area contributed by atoms with Crippen molar-refractivity contribution in [1.29, 1.82) is 0 Å². The maximum atomic E-state index is 5.71. The first-order valence-corrected chi connectivity index (χ1v) is 9.35. The van der Waals surface area contributed by atoms with Crippen LogP contribution in [0, 0.1) is 6.92 Å². The molecule has 0 spiro atoms. The van der Waals surface area contributed by atoms with E-state index in [4.69, 9.17) is 26.1 Å². The number of methoxy groups -OCH3 is 2. The highest BCUT2D eigenvalue weighted by Gasteiger charge is 2.15. The third-order valence-electron chi connectivity index (χ3n) is 4.35. The summed E-state index contributed by atoms with van der Waals surface area (Å²) in [6.45, 7) is 3.21. The van der Waals surface area contributed by atoms with Gasteiger partial charge in [0.05, 0.1) is 32.7 Å². The highest BCUT2D eigenvalue weighted by molar-refractivity contribution is 7.80. The summed E-state index contributed by atoms with van der Waals surface area (Å²) in [5.74, 6) is 2.42. The first kappa shape index (κ1) is 19.8. The molecule has 0 amide bonds. The van der Waals surface area contributed by atoms with Crippen LogP contribution in [-0.2, 0) is 13.1 Å². The van der Waals surface area contributed by atoms with E-state index in [9.17, 15) is 0 Å². The number of rotatable bonds is 7. The number of hydrogen-bond acceptors (Lipinski definition) is 4. The summed E-state index contributed by atoms with van der Waals surface area (Å²) in [5, 5.41) is 3.90. The van der Waals surface area contributed by atoms with Crippen LogP contribution in [0.15, 0.2) is 65.3 Å². The van der Waals surface area contributed by atoms with E-state index in [0.717, 1.165) is 34.1 Å². The van der Waals surface area contributed by atoms with Gasteiger partial charge in [-0.3, -0.25) is 0 Å². The van der Waals surface area contributed by atoms with E-state index in [1.54, 1.807) is 20.5 Å². The molecule has 1 aromatic heterocycles. The fraction of sp³-hybridized carbons (Fsp3) is 0.227. The average molecular weight is 397 g/mol. The summed E-state index contributed by atoms with van der Waals surface area (Å²) in [5.41, 5.74) is 3.07. The van der Waals surface area contributed by atoms with Gasteiger partial charge >= 0.3 is 0 Å². The fourth-order valence-corrected chi connectivity index (χ4v) is 3.08. The summed E-state index contributed by atoms with van der Waals surface area (Å²) in [4.78, 5) is 2.05. The molecule has 1 N–H and O–H groups in total. The summed E-state index contributed by atoms with van der Waals surface area (Å²) >= 11 is 5.71. The normalized spacial score (nSPS) is 10.4. The second-order valence-corrected chi connectivity index (χ2v) is 6.80. The lowest BCUT2D eigenvalue weighted by Gasteiger charge is -2.26. The van der Waals surface area contributed by atoms with Crippen LogP contribution >= 0.6 is 12.2 Å². The Morgan fingerprint density at radius 2 is 1.82 bits per heavy atom. The first-order chi connectivity index (χ1) is 13.6. The molecule has 0 aliphatic rings. The van der Waals surface area contributed by atoms with Crippen LogP contribution in [0.1, 0.15) is 16.9 Å². The summed E-state index contributed by atoms with van der Waals surface area (Å²) in [7, 11) is 3.31. The number of nitrogens with zero attached hydrogens (tertiary/aromatic N) is 1. The van der Waals surface area contributed by atoms with E-state index >= 15 is 0 Å². The van der Waals surface area contributed by atoms with Crippen molar-refractivity contribution in [3.05, 3.63) is 77.7 Å². The lowest BCUT2D eigenvalue weighted by atomic mass is 10.2. The van der Waals surface area contributed by atoms with Crippen LogP contribution in [0.5, 0.6) is 11.5 Å². The number of nitrogens with one attached hydrogen (secondary N) is 1. The van der Waals surface area contributed by atoms with E-state index in [1.165, 1.54) is 0 Å². The molecule has 6 heteroatoms. The van der Waals surface area contributed by atoms with Gasteiger partial charge in [0.1, 0.15) is 17.3 Å². The number of aryl methyl sites for hydroxylation is 1. The van der Waals surface area contributed by atoms with Crippen molar-refractivity contribution in [1.82, 2.24) is 4.90 Å². The van der Waals surface area contributed by atoms with Gasteiger partial charge in [0, 0.05) is 6.54 Å². The van der Waals surface area contributed by atoms with Crippen molar-refractivity contribution in [2.45, 2.75) is 20.0 Å². The molecule has 0 aliphatic carbocycles. The van der Waals surface area contributed by atoms with Gasteiger partial charge in [-0.15, -0.1) is 0 Å². The first-order valence-electron chi connectivity index (χ1n) is 8.95. The number of ether oxygens (including phenoxy) is 2. The van der Waals surface area contributed by atoms with Crippen LogP contribution in [0.4, 0.5) is 5.69 Å². The average Bonchev–Trinajstić information content (AvgIpc) is 3.22. The minimum Gasteiger partial charge on any atom is -0.497 e. The van der Waals surface area contributed by atoms with Crippen LogP contribution in [-0.4, -0.2) is 24.2 Å². The number of furan rings is 1. The molecule has 0 fully saturated rings. The lowest BCUT2D eigenvalue weighted by Crippen LogP contribution is -2.33. The van der Waals surface area contributed by atoms with Gasteiger partial charge in [0.15, 0.2) is 5.11 Å². The fourth-order valence-electron chi connectivity index (χ4n) is 2.84. The molecule has 0 bridgehead atoms. The maximum Gasteiger partial charge on any atom is 0.174 e. The maximum absolute atomic E-state index is 5.71. The predicted molar refractivity (Wildman–Crippen MR) is 115 cm³/mol. The Morgan fingerprint density at radius 1 is 1.04 bits per heavy atom. The molecule has 3 rings (SSSR count). The van der Waals surface area contributed by atoms with Crippen LogP contribution in [0.3, 0.4) is 0 Å². The molecule has 5 nitrogen and oxygen atoms in total. The number of anilines is 1. The van der Waals surface area contributed by atoms with E-state index in [-0.39, 0.29) is 0 Å². The molecule has 0 saturated carbocycles. The molecule has 1 heterocycles. The summed E-state index contributed by atoms with van der Waals surface area (Å²) in [6, 6.07) is 17.7. The van der Waals surface area contributed by atoms with Crippen molar-refractivity contribution >= 4 is 23.0 Å². The minimum absolute atomic E-state index is 0.555. The van der Waals surface area contributed by atoms with E-state index in [2.05, 4.69) is 10.2 Å². The molecule has 0 aliphatic heterocycles. The van der Waals surface area contributed by atoms with Crippen molar-refractivity contribution in [2.75, 3.05) is 19.5 Å². The van der Waals surface area contributed by atoms with Gasteiger partial charge in [-0.1, -0.05) is 18.2 Å². The molecule has 0 radical (unpaired) electrons. The van der Waals surface area contributed by atoms with Gasteiger partial charge in [0.2, 0.25) is 0 Å². The van der Waals surface area contributed by atoms with Crippen LogP contribution in [0.25, 0.3) is 0 Å². The molecule has 0 saturated heterocycles. The van der Waals surface area contributed by atoms with E-state index < -0.39 is 0 Å². The van der Waals surface area contributed by atoms with E-state index in [0.29, 0.717) is 18.2 Å². The monoisotopic (exact) mass is 396 g/mol. The van der Waals surface area contributed by atoms with Gasteiger partial charge in [0.25, 0.3) is 0 Å². The molecular formula is C22H24N2O3S. The molecule has 0 unspecified atom stereocenters. The number of hydrogen-bond donors (Lipinski definition) is 1. The van der Waals surface area contributed by atoms with Crippen LogP contribution in [0.2, 0.25) is 0 Å². The Morgan fingerprint density at radius 3 is 2.46 bits per heavy atom. The van der Waals surface area contributed by atoms with Gasteiger partial charge < -0.3 is 24.1 Å². The minimum atomic E-state index is 0.555. The van der Waals surface area contributed by atoms with Crippen LogP contribution < -0.4 is 14.8 Å². The predicted octanol–water partition coefficient (Wildman–Crippen LogP) is 5.00. The smallest absolute Gasteiger partial charge is 0.174 e. The highest BCUT2D eigenvalue weighted by Crippen LogP contribution is 2.26. The molecule has 28 heavy (non-hydrogen) atoms. The van der Waals surface area contributed by atoms with Gasteiger partial charge in [-0.25, -0.2) is 0 Å². The molecular weight excluding hydrogens is 372 g/mol. The van der Waals surface area contributed by atoms with Crippen molar-refractivity contribution in [3.8, 4) is 11.5 Å². The third kappa shape index (κ3) is 5.04. The number of benzene rings is 2. The largest absolute Gasteiger partial charge is 0.497 e. The zero-order valence-corrected chi connectivity index (χ0v) is 17.1. The van der Waals surface area contributed by atoms with Crippen molar-refractivity contribution in [2.24, 2.45) is 0 Å². The topological polar surface area (TPSA) is 46.9 Å². The van der Waals surface area contributed by atoms with Crippen molar-refractivity contribution in [3.63, 3.8) is 0 Å². The zero-order valence-electron chi connectivity index (χ0n) is 16.3. The Kier molecular flexibility index (Phi) is 6.55. The Balaban J connectivity index is 1.80. The molecule has 0 atom stereocenters. The third-order valence-corrected chi connectivity index (χ3v) is 4.71. The standard InChI is InChI=1S/C22H24N2O3S/c1-16-6-11-20(21(13-16)26-3)23-22(28)24(15-19-5-4-12-27-19)14-17-7-9-18(25-2)10-8-17/h4-13H,14-15H2,1-3H3,(H,23,28). The van der Waals surface area contributed by atoms with Crippen molar-refractivity contribution < 1.29 is 13.9 Å². The number of thiocarbonyl (C=S) groups is 1. The molecule has 3 aromatic rings. The quantitative estimate of drug-likeness (QED) is 0.567. The Labute approximate surface area is 170 Å². The SMILES string of the molecule is COc1ccc(CN(Cc2ccco2)C(=S)Nc2ccc(C)cc2OC)cc1. The Bertz CT molecular complexity index is 908. The lowest BCUT2D eigenvalue weighted by molar-refractivity contribution is 0.359. The molecule has 2 aromatic carbocycles. The second-order valence-electron chi connectivity index (χ2n) is 6.42. The second kappa shape index (κ2) is 9.28. The Hall–Kier alpha value is -2.99. The highest BCUT2D eigenvalue weighted by atomic mass is 32.1. The van der Waals surface area contributed by atoms with E-state index in [1.807, 2.05) is 61.5 Å². The van der Waals surface area contributed by atoms with Gasteiger partial charge in [-0.05, 0) is 66.7 Å². The summed E-state index contributed by atoms with van der Waals surface area (Å²) < 4.78 is 16.2. The molecule has 146 valence electrons.